The van der Waals surface area contributed by atoms with Crippen LogP contribution in [0.1, 0.15) is 59.9 Å². The Labute approximate surface area is 177 Å². The molecule has 1 heteroatoms. The summed E-state index contributed by atoms with van der Waals surface area (Å²) in [7, 11) is 0. The molecule has 29 heavy (non-hydrogen) atoms. The first-order chi connectivity index (χ1) is 14.3. The van der Waals surface area contributed by atoms with Gasteiger partial charge >= 0.3 is 0 Å². The van der Waals surface area contributed by atoms with Crippen molar-refractivity contribution in [3.05, 3.63) is 93.0 Å². The van der Waals surface area contributed by atoms with Crippen molar-refractivity contribution in [2.24, 2.45) is 0 Å². The summed E-state index contributed by atoms with van der Waals surface area (Å²) in [6.45, 7) is 14.1. The number of fused-ring (bicyclic) bond motifs is 3. The average molecular weight is 389 g/mol. The van der Waals surface area contributed by atoms with Crippen LogP contribution in [-0.2, 0) is 0 Å². The van der Waals surface area contributed by atoms with Gasteiger partial charge in [-0.3, -0.25) is 4.79 Å². The quantitative estimate of drug-likeness (QED) is 0.446. The van der Waals surface area contributed by atoms with E-state index in [9.17, 15) is 4.79 Å². The standard InChI is InChI=1S/C15H10O.C7H8.3C2H6/c16-15-10-9-11-5-1-2-6-12(11)13-7-3-4-8-14(13)15;1-7-5-3-2-4-6-7;3*1-2/h1-2,5-8H,3-4H2;2-6H,1H3;3*1-2H3. The molecular formula is C28H36O. The number of hydrogen-bond donors (Lipinski definition) is 0. The lowest BCUT2D eigenvalue weighted by molar-refractivity contribution is 1.12. The average Bonchev–Trinajstić information content (AvgIpc) is 2.96. The molecule has 0 aliphatic heterocycles. The van der Waals surface area contributed by atoms with Gasteiger partial charge in [-0.1, -0.05) is 114 Å². The normalized spacial score (nSPS) is 10.0. The molecule has 1 nitrogen and oxygen atoms in total. The van der Waals surface area contributed by atoms with Crippen molar-refractivity contribution in [1.82, 2.24) is 0 Å². The minimum atomic E-state index is -0.0536. The van der Waals surface area contributed by atoms with Crippen LogP contribution in [-0.4, -0.2) is 0 Å². The minimum absolute atomic E-state index is 0.0536. The van der Waals surface area contributed by atoms with Crippen molar-refractivity contribution in [2.75, 3.05) is 0 Å². The van der Waals surface area contributed by atoms with Gasteiger partial charge in [-0.15, -0.1) is 0 Å². The third-order valence-electron chi connectivity index (χ3n) is 3.87. The lowest BCUT2D eigenvalue weighted by atomic mass is 10.1. The predicted octanol–water partition coefficient (Wildman–Crippen LogP) is 6.23. The van der Waals surface area contributed by atoms with Crippen LogP contribution in [0.4, 0.5) is 0 Å². The van der Waals surface area contributed by atoms with Gasteiger partial charge in [-0.2, -0.15) is 0 Å². The molecule has 0 heterocycles. The van der Waals surface area contributed by atoms with Crippen molar-refractivity contribution in [3.63, 3.8) is 0 Å². The van der Waals surface area contributed by atoms with Gasteiger partial charge in [0.2, 0.25) is 5.43 Å². The summed E-state index contributed by atoms with van der Waals surface area (Å²) in [6.07, 6.45) is 6.09. The molecule has 3 aromatic carbocycles. The maximum atomic E-state index is 11.8. The third-order valence-corrected chi connectivity index (χ3v) is 3.87. The van der Waals surface area contributed by atoms with E-state index in [-0.39, 0.29) is 5.43 Å². The fourth-order valence-electron chi connectivity index (χ4n) is 2.70. The second kappa shape index (κ2) is 16.1. The SMILES string of the molecule is CC.CC.CC.Cc1ccccc1.O=c1c#cc2ccccc2c2c1=CCCC=2. The van der Waals surface area contributed by atoms with Gasteiger partial charge in [0.05, 0.1) is 0 Å². The second-order valence-corrected chi connectivity index (χ2v) is 5.59. The summed E-state index contributed by atoms with van der Waals surface area (Å²) in [5.41, 5.74) is 1.27. The van der Waals surface area contributed by atoms with E-state index in [0.717, 1.165) is 34.1 Å². The molecule has 0 bridgehead atoms. The summed E-state index contributed by atoms with van der Waals surface area (Å²) >= 11 is 0. The largest absolute Gasteiger partial charge is 0.279 e. The van der Waals surface area contributed by atoms with E-state index >= 15 is 0 Å². The van der Waals surface area contributed by atoms with Crippen molar-refractivity contribution in [1.29, 1.82) is 0 Å². The number of rotatable bonds is 0. The van der Waals surface area contributed by atoms with Gasteiger partial charge in [0.15, 0.2) is 0 Å². The first kappa shape index (κ1) is 26.1. The summed E-state index contributed by atoms with van der Waals surface area (Å²) in [5.74, 6) is 0. The molecule has 0 N–H and O–H groups in total. The van der Waals surface area contributed by atoms with Gasteiger partial charge in [0, 0.05) is 10.6 Å². The fourth-order valence-corrected chi connectivity index (χ4v) is 2.70. The Hall–Kier alpha value is -2.85. The maximum Gasteiger partial charge on any atom is 0.236 e. The molecule has 0 atom stereocenters. The smallest absolute Gasteiger partial charge is 0.236 e. The van der Waals surface area contributed by atoms with Crippen molar-refractivity contribution in [3.8, 4) is 0 Å². The Balaban J connectivity index is 0.000000508. The van der Waals surface area contributed by atoms with Gasteiger partial charge in [0.25, 0.3) is 0 Å². The van der Waals surface area contributed by atoms with Crippen LogP contribution < -0.4 is 15.9 Å². The van der Waals surface area contributed by atoms with Crippen LogP contribution in [0.2, 0.25) is 0 Å². The molecule has 1 aliphatic rings. The fraction of sp³-hybridized carbons (Fsp3) is 0.321. The lowest BCUT2D eigenvalue weighted by Crippen LogP contribution is -2.37. The molecule has 3 aromatic rings. The molecular weight excluding hydrogens is 352 g/mol. The highest BCUT2D eigenvalue weighted by molar-refractivity contribution is 5.81. The molecule has 0 aromatic heterocycles. The second-order valence-electron chi connectivity index (χ2n) is 5.59. The van der Waals surface area contributed by atoms with E-state index in [0.29, 0.717) is 0 Å². The Morgan fingerprint density at radius 2 is 1.17 bits per heavy atom. The van der Waals surface area contributed by atoms with Crippen LogP contribution in [0.25, 0.3) is 22.9 Å². The Kier molecular flexibility index (Phi) is 14.6. The first-order valence-corrected chi connectivity index (χ1v) is 10.8. The number of aryl methyl sites for hydroxylation is 1. The van der Waals surface area contributed by atoms with Gasteiger partial charge in [-0.25, -0.2) is 0 Å². The van der Waals surface area contributed by atoms with Crippen LogP contribution in [0, 0.1) is 19.1 Å². The maximum absolute atomic E-state index is 11.8. The molecule has 0 amide bonds. The van der Waals surface area contributed by atoms with E-state index in [1.54, 1.807) is 0 Å². The highest BCUT2D eigenvalue weighted by Gasteiger charge is 1.99. The van der Waals surface area contributed by atoms with E-state index in [4.69, 9.17) is 0 Å². The first-order valence-electron chi connectivity index (χ1n) is 10.8. The predicted molar refractivity (Wildman–Crippen MR) is 131 cm³/mol. The van der Waals surface area contributed by atoms with Crippen molar-refractivity contribution >= 4 is 22.9 Å². The molecule has 0 spiro atoms. The highest BCUT2D eigenvalue weighted by atomic mass is 16.1. The zero-order chi connectivity index (χ0) is 22.1. The Bertz CT molecular complexity index is 986. The van der Waals surface area contributed by atoms with Crippen LogP contribution in [0.3, 0.4) is 0 Å². The highest BCUT2D eigenvalue weighted by Crippen LogP contribution is 2.05. The van der Waals surface area contributed by atoms with Crippen molar-refractivity contribution < 1.29 is 0 Å². The summed E-state index contributed by atoms with van der Waals surface area (Å²) in [5, 5.41) is 3.87. The van der Waals surface area contributed by atoms with E-state index in [1.807, 2.05) is 90.1 Å². The van der Waals surface area contributed by atoms with Gasteiger partial charge in [0.1, 0.15) is 0 Å². The third kappa shape index (κ3) is 8.36. The molecule has 1 aliphatic carbocycles. The Morgan fingerprint density at radius 1 is 0.655 bits per heavy atom. The minimum Gasteiger partial charge on any atom is -0.279 e. The van der Waals surface area contributed by atoms with Crippen LogP contribution in [0.15, 0.2) is 59.4 Å². The summed E-state index contributed by atoms with van der Waals surface area (Å²) in [4.78, 5) is 11.8. The molecule has 0 saturated heterocycles. The Morgan fingerprint density at radius 3 is 1.72 bits per heavy atom. The van der Waals surface area contributed by atoms with E-state index < -0.39 is 0 Å². The van der Waals surface area contributed by atoms with E-state index in [2.05, 4.69) is 37.3 Å². The van der Waals surface area contributed by atoms with Gasteiger partial charge in [-0.05, 0) is 42.5 Å². The topological polar surface area (TPSA) is 17.1 Å². The molecule has 4 rings (SSSR count). The summed E-state index contributed by atoms with van der Waals surface area (Å²) < 4.78 is 0. The molecule has 0 radical (unpaired) electrons. The van der Waals surface area contributed by atoms with Crippen LogP contribution in [0.5, 0.6) is 0 Å². The zero-order valence-corrected chi connectivity index (χ0v) is 19.2. The number of hydrogen-bond acceptors (Lipinski definition) is 1. The molecule has 0 saturated carbocycles. The number of benzene rings is 2. The molecule has 154 valence electrons. The van der Waals surface area contributed by atoms with Crippen molar-refractivity contribution in [2.45, 2.75) is 61.3 Å². The van der Waals surface area contributed by atoms with E-state index in [1.165, 1.54) is 5.56 Å². The summed E-state index contributed by atoms with van der Waals surface area (Å²) in [6, 6.07) is 23.9. The zero-order valence-electron chi connectivity index (χ0n) is 19.2. The van der Waals surface area contributed by atoms with Gasteiger partial charge < -0.3 is 0 Å². The molecule has 0 unspecified atom stereocenters. The van der Waals surface area contributed by atoms with Crippen LogP contribution >= 0.6 is 0 Å². The monoisotopic (exact) mass is 388 g/mol. The lowest BCUT2D eigenvalue weighted by Gasteiger charge is -1.97. The molecule has 0 fully saturated rings.